The molecule has 2 aromatic carbocycles. The van der Waals surface area contributed by atoms with Crippen LogP contribution < -0.4 is 5.32 Å². The number of carbonyl (C=O) groups is 1. The molecule has 0 fully saturated rings. The third kappa shape index (κ3) is 4.06. The predicted octanol–water partition coefficient (Wildman–Crippen LogP) is 3.96. The number of aromatic hydroxyl groups is 1. The first kappa shape index (κ1) is 17.6. The number of phenols is 1. The largest absolute Gasteiger partial charge is 0.508 e. The van der Waals surface area contributed by atoms with E-state index >= 15 is 0 Å². The van der Waals surface area contributed by atoms with Crippen molar-refractivity contribution >= 4 is 11.7 Å². The minimum Gasteiger partial charge on any atom is -0.508 e. The molecule has 26 heavy (non-hydrogen) atoms. The van der Waals surface area contributed by atoms with Crippen LogP contribution in [0.1, 0.15) is 30.7 Å². The topological polar surface area (TPSA) is 75.1 Å². The third-order valence-corrected chi connectivity index (χ3v) is 4.10. The lowest BCUT2D eigenvalue weighted by molar-refractivity contribution is -0.114. The molecule has 1 aromatic heterocycles. The number of hydrogen-bond donors (Lipinski definition) is 2. The third-order valence-electron chi connectivity index (χ3n) is 4.10. The van der Waals surface area contributed by atoms with Crippen LogP contribution in [-0.2, 0) is 17.6 Å². The number of rotatable bonds is 5. The minimum absolute atomic E-state index is 0.180. The number of carbonyl (C=O) groups excluding carboxylic acids is 1. The summed E-state index contributed by atoms with van der Waals surface area (Å²) in [4.78, 5) is 20.7. The van der Waals surface area contributed by atoms with E-state index in [2.05, 4.69) is 10.3 Å². The Hall–Kier alpha value is -3.21. The average molecular weight is 347 g/mol. The molecule has 5 heteroatoms. The number of nitrogens with one attached hydrogen (secondary N) is 1. The number of aryl methyl sites for hydroxylation is 1. The van der Waals surface area contributed by atoms with Gasteiger partial charge < -0.3 is 10.4 Å². The van der Waals surface area contributed by atoms with Gasteiger partial charge in [0.1, 0.15) is 5.75 Å². The van der Waals surface area contributed by atoms with Gasteiger partial charge in [0.2, 0.25) is 5.91 Å². The molecular formula is C21H21N3O2. The van der Waals surface area contributed by atoms with Gasteiger partial charge in [0.25, 0.3) is 0 Å². The van der Waals surface area contributed by atoms with Gasteiger partial charge in [-0.15, -0.1) is 0 Å². The first-order chi connectivity index (χ1) is 12.6. The van der Waals surface area contributed by atoms with Crippen LogP contribution in [0.3, 0.4) is 0 Å². The summed E-state index contributed by atoms with van der Waals surface area (Å²) in [6, 6.07) is 15.2. The zero-order valence-corrected chi connectivity index (χ0v) is 14.9. The fourth-order valence-electron chi connectivity index (χ4n) is 2.86. The van der Waals surface area contributed by atoms with E-state index in [0.29, 0.717) is 17.9 Å². The summed E-state index contributed by atoms with van der Waals surface area (Å²) in [5.74, 6) is 0.528. The van der Waals surface area contributed by atoms with E-state index in [9.17, 15) is 9.90 Å². The molecule has 1 amide bonds. The normalized spacial score (nSPS) is 10.5. The van der Waals surface area contributed by atoms with Crippen LogP contribution in [0.5, 0.6) is 5.75 Å². The fourth-order valence-corrected chi connectivity index (χ4v) is 2.86. The van der Waals surface area contributed by atoms with E-state index < -0.39 is 0 Å². The van der Waals surface area contributed by atoms with Gasteiger partial charge in [-0.2, -0.15) is 0 Å². The summed E-state index contributed by atoms with van der Waals surface area (Å²) in [6.07, 6.45) is 3.00. The summed E-state index contributed by atoms with van der Waals surface area (Å²) in [6.45, 7) is 3.49. The maximum absolute atomic E-state index is 11.5. The highest BCUT2D eigenvalue weighted by atomic mass is 16.3. The Balaban J connectivity index is 2.05. The number of anilines is 1. The van der Waals surface area contributed by atoms with Gasteiger partial charge in [-0.25, -0.2) is 9.97 Å². The van der Waals surface area contributed by atoms with Gasteiger partial charge in [-0.3, -0.25) is 4.79 Å². The Morgan fingerprint density at radius 1 is 1.15 bits per heavy atom. The molecule has 0 radical (unpaired) electrons. The van der Waals surface area contributed by atoms with Gasteiger partial charge >= 0.3 is 0 Å². The molecule has 0 atom stereocenters. The summed E-state index contributed by atoms with van der Waals surface area (Å²) in [5, 5.41) is 12.5. The highest BCUT2D eigenvalue weighted by molar-refractivity contribution is 5.88. The van der Waals surface area contributed by atoms with E-state index in [1.165, 1.54) is 6.92 Å². The lowest BCUT2D eigenvalue weighted by atomic mass is 10.0. The minimum atomic E-state index is -0.180. The molecule has 0 saturated heterocycles. The number of hydrogen-bond acceptors (Lipinski definition) is 4. The van der Waals surface area contributed by atoms with E-state index in [4.69, 9.17) is 4.98 Å². The molecule has 0 aliphatic heterocycles. The monoisotopic (exact) mass is 347 g/mol. The number of amides is 1. The molecular weight excluding hydrogens is 326 g/mol. The smallest absolute Gasteiger partial charge is 0.222 e. The van der Waals surface area contributed by atoms with Gasteiger partial charge in [0.15, 0.2) is 5.82 Å². The standard InChI is InChI=1S/C21H21N3O2/c1-3-16-12-17(26)9-10-18(16)20-13-22-21(23-14(2)25)19(24-20)11-15-7-5-4-6-8-15/h4-10,12-13,26H,3,11H2,1-2H3,(H,22,23,25). The highest BCUT2D eigenvalue weighted by Crippen LogP contribution is 2.27. The maximum atomic E-state index is 11.5. The first-order valence-corrected chi connectivity index (χ1v) is 8.56. The van der Waals surface area contributed by atoms with Crippen molar-refractivity contribution in [2.75, 3.05) is 5.32 Å². The summed E-state index contributed by atoms with van der Waals surface area (Å²) in [7, 11) is 0. The van der Waals surface area contributed by atoms with Crippen molar-refractivity contribution in [1.82, 2.24) is 9.97 Å². The van der Waals surface area contributed by atoms with E-state index in [1.54, 1.807) is 18.3 Å². The van der Waals surface area contributed by atoms with Crippen molar-refractivity contribution in [2.45, 2.75) is 26.7 Å². The Morgan fingerprint density at radius 3 is 2.62 bits per heavy atom. The molecule has 1 heterocycles. The van der Waals surface area contributed by atoms with Gasteiger partial charge in [0, 0.05) is 18.9 Å². The molecule has 0 aliphatic carbocycles. The molecule has 0 aliphatic rings. The molecule has 0 bridgehead atoms. The first-order valence-electron chi connectivity index (χ1n) is 8.56. The summed E-state index contributed by atoms with van der Waals surface area (Å²) in [5.41, 5.74) is 4.45. The Kier molecular flexibility index (Phi) is 5.27. The number of phenolic OH excluding ortho intramolecular Hbond substituents is 1. The zero-order valence-electron chi connectivity index (χ0n) is 14.9. The molecule has 3 aromatic rings. The van der Waals surface area contributed by atoms with Crippen molar-refractivity contribution in [3.63, 3.8) is 0 Å². The van der Waals surface area contributed by atoms with Crippen molar-refractivity contribution < 1.29 is 9.90 Å². The van der Waals surface area contributed by atoms with Crippen LogP contribution >= 0.6 is 0 Å². The SMILES string of the molecule is CCc1cc(O)ccc1-c1cnc(NC(C)=O)c(Cc2ccccc2)n1. The highest BCUT2D eigenvalue weighted by Gasteiger charge is 2.13. The Labute approximate surface area is 152 Å². The molecule has 0 saturated carbocycles. The van der Waals surface area contributed by atoms with Crippen molar-refractivity contribution in [1.29, 1.82) is 0 Å². The van der Waals surface area contributed by atoms with Crippen LogP contribution in [-0.4, -0.2) is 21.0 Å². The van der Waals surface area contributed by atoms with Crippen LogP contribution in [0.2, 0.25) is 0 Å². The van der Waals surface area contributed by atoms with Crippen LogP contribution in [0, 0.1) is 0 Å². The molecule has 0 unspecified atom stereocenters. The van der Waals surface area contributed by atoms with Crippen LogP contribution in [0.15, 0.2) is 54.7 Å². The Morgan fingerprint density at radius 2 is 1.92 bits per heavy atom. The predicted molar refractivity (Wildman–Crippen MR) is 102 cm³/mol. The zero-order chi connectivity index (χ0) is 18.5. The van der Waals surface area contributed by atoms with Gasteiger partial charge in [0.05, 0.1) is 17.6 Å². The van der Waals surface area contributed by atoms with Crippen molar-refractivity contribution in [2.24, 2.45) is 0 Å². The van der Waals surface area contributed by atoms with E-state index in [0.717, 1.165) is 28.8 Å². The molecule has 132 valence electrons. The lowest BCUT2D eigenvalue weighted by Gasteiger charge is -2.13. The van der Waals surface area contributed by atoms with Crippen molar-refractivity contribution in [3.8, 4) is 17.0 Å². The van der Waals surface area contributed by atoms with E-state index in [1.807, 2.05) is 43.3 Å². The van der Waals surface area contributed by atoms with Crippen LogP contribution in [0.4, 0.5) is 5.82 Å². The Bertz CT molecular complexity index is 924. The number of aromatic nitrogens is 2. The second kappa shape index (κ2) is 7.78. The number of nitrogens with zero attached hydrogens (tertiary/aromatic N) is 2. The maximum Gasteiger partial charge on any atom is 0.222 e. The van der Waals surface area contributed by atoms with Gasteiger partial charge in [-0.05, 0) is 35.7 Å². The van der Waals surface area contributed by atoms with Crippen molar-refractivity contribution in [3.05, 3.63) is 71.5 Å². The van der Waals surface area contributed by atoms with Gasteiger partial charge in [-0.1, -0.05) is 37.3 Å². The average Bonchev–Trinajstić information content (AvgIpc) is 2.63. The lowest BCUT2D eigenvalue weighted by Crippen LogP contribution is -2.12. The second-order valence-corrected chi connectivity index (χ2v) is 6.09. The fraction of sp³-hybridized carbons (Fsp3) is 0.190. The molecule has 0 spiro atoms. The summed E-state index contributed by atoms with van der Waals surface area (Å²) >= 11 is 0. The molecule has 3 rings (SSSR count). The molecule has 2 N–H and O–H groups in total. The number of benzene rings is 2. The summed E-state index contributed by atoms with van der Waals surface area (Å²) < 4.78 is 0. The molecule has 5 nitrogen and oxygen atoms in total. The second-order valence-electron chi connectivity index (χ2n) is 6.09. The quantitative estimate of drug-likeness (QED) is 0.732. The van der Waals surface area contributed by atoms with Crippen LogP contribution in [0.25, 0.3) is 11.3 Å². The van der Waals surface area contributed by atoms with E-state index in [-0.39, 0.29) is 11.7 Å².